The molecule has 1 fully saturated rings. The van der Waals surface area contributed by atoms with Crippen LogP contribution in [0.25, 0.3) is 5.69 Å². The minimum absolute atomic E-state index is 0.0739. The second kappa shape index (κ2) is 8.18. The Labute approximate surface area is 157 Å². The van der Waals surface area contributed by atoms with Crippen LogP contribution in [0.4, 0.5) is 0 Å². The van der Waals surface area contributed by atoms with Crippen LogP contribution in [0.15, 0.2) is 36.5 Å². The van der Waals surface area contributed by atoms with Gasteiger partial charge in [-0.05, 0) is 43.1 Å². The zero-order valence-electron chi connectivity index (χ0n) is 14.6. The van der Waals surface area contributed by atoms with Crippen molar-refractivity contribution in [3.8, 4) is 11.4 Å². The van der Waals surface area contributed by atoms with E-state index in [0.717, 1.165) is 12.1 Å². The molecule has 26 heavy (non-hydrogen) atoms. The number of nitrogens with zero attached hydrogens (tertiary/aromatic N) is 2. The Morgan fingerprint density at radius 2 is 1.96 bits per heavy atom. The number of benzene rings is 1. The summed E-state index contributed by atoms with van der Waals surface area (Å²) in [6.45, 7) is 2.20. The number of amides is 1. The fourth-order valence-corrected chi connectivity index (χ4v) is 3.35. The lowest BCUT2D eigenvalue weighted by Crippen LogP contribution is -2.51. The van der Waals surface area contributed by atoms with E-state index in [1.54, 1.807) is 0 Å². The van der Waals surface area contributed by atoms with Crippen molar-refractivity contribution in [2.75, 3.05) is 0 Å². The number of hydrazine groups is 1. The smallest absolute Gasteiger partial charge is 0.294 e. The lowest BCUT2D eigenvalue weighted by atomic mass is 9.86. The Bertz CT molecular complexity index is 777. The maximum Gasteiger partial charge on any atom is 0.294 e. The normalized spacial score (nSPS) is 19.6. The summed E-state index contributed by atoms with van der Waals surface area (Å²) in [5.74, 6) is -0.212. The van der Waals surface area contributed by atoms with Gasteiger partial charge in [-0.3, -0.25) is 15.6 Å². The van der Waals surface area contributed by atoms with Gasteiger partial charge >= 0.3 is 0 Å². The van der Waals surface area contributed by atoms with E-state index in [2.05, 4.69) is 28.2 Å². The van der Waals surface area contributed by atoms with E-state index >= 15 is 0 Å². The molecule has 0 bridgehead atoms. The molecule has 1 aliphatic rings. The van der Waals surface area contributed by atoms with Crippen molar-refractivity contribution >= 4 is 23.2 Å². The highest BCUT2D eigenvalue weighted by molar-refractivity contribution is 7.80. The molecule has 0 unspecified atom stereocenters. The van der Waals surface area contributed by atoms with Crippen LogP contribution in [-0.2, 0) is 0 Å². The fourth-order valence-electron chi connectivity index (χ4n) is 3.15. The average molecular weight is 373 g/mol. The first-order valence-corrected chi connectivity index (χ1v) is 9.16. The predicted molar refractivity (Wildman–Crippen MR) is 103 cm³/mol. The van der Waals surface area contributed by atoms with E-state index in [1.165, 1.54) is 30.1 Å². The number of carbonyl (C=O) groups excluding carboxylic acids is 1. The van der Waals surface area contributed by atoms with Crippen LogP contribution < -0.4 is 16.2 Å². The molecule has 2 atom stereocenters. The molecule has 138 valence electrons. The van der Waals surface area contributed by atoms with Gasteiger partial charge in [-0.25, -0.2) is 4.68 Å². The number of aromatic hydroxyl groups is 1. The quantitative estimate of drug-likeness (QED) is 0.487. The molecule has 1 amide bonds. The van der Waals surface area contributed by atoms with Crippen molar-refractivity contribution in [3.63, 3.8) is 0 Å². The molecule has 1 saturated carbocycles. The Morgan fingerprint density at radius 3 is 2.69 bits per heavy atom. The van der Waals surface area contributed by atoms with Crippen LogP contribution in [0, 0.1) is 5.92 Å². The van der Waals surface area contributed by atoms with Crippen LogP contribution in [0.1, 0.15) is 43.1 Å². The number of thiocarbonyl (C=S) groups is 1. The average Bonchev–Trinajstić information content (AvgIpc) is 3.04. The van der Waals surface area contributed by atoms with Gasteiger partial charge in [0.15, 0.2) is 16.6 Å². The first kappa shape index (κ1) is 18.2. The third-order valence-corrected chi connectivity index (χ3v) is 4.87. The Balaban J connectivity index is 1.56. The first-order valence-electron chi connectivity index (χ1n) is 8.75. The number of rotatable bonds is 3. The summed E-state index contributed by atoms with van der Waals surface area (Å²) in [7, 11) is 0. The molecule has 0 spiro atoms. The zero-order chi connectivity index (χ0) is 18.5. The maximum absolute atomic E-state index is 12.3. The summed E-state index contributed by atoms with van der Waals surface area (Å²) < 4.78 is 1.45. The molecule has 1 aromatic carbocycles. The van der Waals surface area contributed by atoms with Gasteiger partial charge in [0, 0.05) is 6.04 Å². The van der Waals surface area contributed by atoms with Crippen molar-refractivity contribution < 1.29 is 9.90 Å². The molecule has 1 aliphatic carbocycles. The maximum atomic E-state index is 12.3. The predicted octanol–water partition coefficient (Wildman–Crippen LogP) is 2.27. The van der Waals surface area contributed by atoms with Gasteiger partial charge in [0.05, 0.1) is 11.9 Å². The van der Waals surface area contributed by atoms with Crippen molar-refractivity contribution in [2.45, 2.75) is 38.6 Å². The van der Waals surface area contributed by atoms with Gasteiger partial charge in [0.25, 0.3) is 5.91 Å². The van der Waals surface area contributed by atoms with Crippen LogP contribution in [0.5, 0.6) is 5.75 Å². The van der Waals surface area contributed by atoms with Crippen molar-refractivity contribution in [3.05, 3.63) is 42.2 Å². The van der Waals surface area contributed by atoms with Crippen LogP contribution in [-0.4, -0.2) is 31.9 Å². The molecule has 3 rings (SSSR count). The van der Waals surface area contributed by atoms with Crippen molar-refractivity contribution in [1.29, 1.82) is 0 Å². The largest absolute Gasteiger partial charge is 0.504 e. The third-order valence-electron chi connectivity index (χ3n) is 4.65. The summed E-state index contributed by atoms with van der Waals surface area (Å²) in [6, 6.07) is 9.56. The zero-order valence-corrected chi connectivity index (χ0v) is 15.4. The lowest BCUT2D eigenvalue weighted by molar-refractivity contribution is 0.0935. The minimum Gasteiger partial charge on any atom is -0.504 e. The molecule has 4 N–H and O–H groups in total. The topological polar surface area (TPSA) is 91.2 Å². The Hall–Kier alpha value is -2.61. The highest BCUT2D eigenvalue weighted by atomic mass is 32.1. The molecule has 1 heterocycles. The summed E-state index contributed by atoms with van der Waals surface area (Å²) in [4.78, 5) is 12.3. The molecule has 0 saturated heterocycles. The van der Waals surface area contributed by atoms with Gasteiger partial charge in [0.2, 0.25) is 0 Å². The fraction of sp³-hybridized carbons (Fsp3) is 0.389. The standard InChI is InChI=1S/C18H23N5O2S/c1-12-7-5-6-10-14(12)19-18(26)21-20-17(25)16-15(24)11-23(22-16)13-8-3-2-4-9-13/h2-4,8-9,11-12,14,24H,5-7,10H2,1H3,(H,20,25)(H2,19,21,26)/t12-,14+/m0/s1. The summed E-state index contributed by atoms with van der Waals surface area (Å²) in [5.41, 5.74) is 5.84. The molecule has 8 heteroatoms. The van der Waals surface area contributed by atoms with E-state index in [1.807, 2.05) is 30.3 Å². The van der Waals surface area contributed by atoms with Gasteiger partial charge < -0.3 is 10.4 Å². The first-order chi connectivity index (χ1) is 12.5. The summed E-state index contributed by atoms with van der Waals surface area (Å²) in [5, 5.41) is 17.7. The van der Waals surface area contributed by atoms with Crippen molar-refractivity contribution in [1.82, 2.24) is 25.9 Å². The van der Waals surface area contributed by atoms with E-state index in [9.17, 15) is 9.90 Å². The van der Waals surface area contributed by atoms with E-state index in [4.69, 9.17) is 12.2 Å². The van der Waals surface area contributed by atoms with Crippen LogP contribution in [0.3, 0.4) is 0 Å². The molecule has 2 aromatic rings. The molecule has 7 nitrogen and oxygen atoms in total. The van der Waals surface area contributed by atoms with E-state index < -0.39 is 5.91 Å². The molecule has 0 aliphatic heterocycles. The van der Waals surface area contributed by atoms with Crippen molar-refractivity contribution in [2.24, 2.45) is 5.92 Å². The molecule has 1 aromatic heterocycles. The number of aromatic nitrogens is 2. The number of carbonyl (C=O) groups is 1. The third kappa shape index (κ3) is 4.32. The van der Waals surface area contributed by atoms with Crippen LogP contribution in [0.2, 0.25) is 0 Å². The van der Waals surface area contributed by atoms with Gasteiger partial charge in [0.1, 0.15) is 0 Å². The minimum atomic E-state index is -0.557. The SMILES string of the molecule is C[C@H]1CCCC[C@H]1NC(=S)NNC(=O)c1nn(-c2ccccc2)cc1O. The lowest BCUT2D eigenvalue weighted by Gasteiger charge is -2.30. The summed E-state index contributed by atoms with van der Waals surface area (Å²) >= 11 is 5.25. The molecular weight excluding hydrogens is 350 g/mol. The van der Waals surface area contributed by atoms with Gasteiger partial charge in [-0.15, -0.1) is 0 Å². The summed E-state index contributed by atoms with van der Waals surface area (Å²) in [6.07, 6.45) is 6.07. The second-order valence-corrected chi connectivity index (χ2v) is 6.97. The number of hydrogen-bond donors (Lipinski definition) is 4. The number of para-hydroxylation sites is 1. The van der Waals surface area contributed by atoms with Crippen LogP contribution >= 0.6 is 12.2 Å². The highest BCUT2D eigenvalue weighted by Gasteiger charge is 2.22. The molecular formula is C18H23N5O2S. The Kier molecular flexibility index (Phi) is 5.72. The molecule has 0 radical (unpaired) electrons. The van der Waals surface area contributed by atoms with Gasteiger partial charge in [-0.2, -0.15) is 5.10 Å². The van der Waals surface area contributed by atoms with E-state index in [0.29, 0.717) is 17.1 Å². The number of nitrogens with one attached hydrogen (secondary N) is 3. The second-order valence-electron chi connectivity index (χ2n) is 6.56. The van der Waals surface area contributed by atoms with Gasteiger partial charge in [-0.1, -0.05) is 38.0 Å². The van der Waals surface area contributed by atoms with E-state index in [-0.39, 0.29) is 11.4 Å². The monoisotopic (exact) mass is 373 g/mol. The highest BCUT2D eigenvalue weighted by Crippen LogP contribution is 2.23. The Morgan fingerprint density at radius 1 is 1.23 bits per heavy atom. The number of hydrogen-bond acceptors (Lipinski definition) is 4.